The highest BCUT2D eigenvalue weighted by molar-refractivity contribution is 7.10. The van der Waals surface area contributed by atoms with Crippen LogP contribution in [-0.4, -0.2) is 99.9 Å². The fourth-order valence-electron chi connectivity index (χ4n) is 6.98. The fourth-order valence-corrected chi connectivity index (χ4v) is 7.78. The van der Waals surface area contributed by atoms with Crippen LogP contribution in [0.5, 0.6) is 6.01 Å². The Morgan fingerprint density at radius 1 is 1.27 bits per heavy atom. The van der Waals surface area contributed by atoms with E-state index in [1.807, 2.05) is 0 Å². The van der Waals surface area contributed by atoms with E-state index in [0.717, 1.165) is 25.3 Å². The minimum absolute atomic E-state index is 0.0625. The third kappa shape index (κ3) is 7.39. The van der Waals surface area contributed by atoms with Gasteiger partial charge in [0.05, 0.1) is 36.1 Å². The van der Waals surface area contributed by atoms with Crippen LogP contribution in [0.25, 0.3) is 28.2 Å². The summed E-state index contributed by atoms with van der Waals surface area (Å²) in [6.07, 6.45) is 7.67. The van der Waals surface area contributed by atoms with E-state index in [4.69, 9.17) is 27.5 Å². The Kier molecular flexibility index (Phi) is 11.2. The van der Waals surface area contributed by atoms with Gasteiger partial charge in [-0.25, -0.2) is 18.2 Å². The molecule has 7 rings (SSSR count). The second-order valence-corrected chi connectivity index (χ2v) is 14.0. The summed E-state index contributed by atoms with van der Waals surface area (Å²) in [5.74, 6) is -2.41. The smallest absolute Gasteiger partial charge is 0.318 e. The number of aryl methyl sites for hydroxylation is 1. The number of fused-ring (bicyclic) bond motifs is 2. The lowest BCUT2D eigenvalue weighted by Gasteiger charge is -2.41. The number of halogens is 4. The van der Waals surface area contributed by atoms with Crippen molar-refractivity contribution < 1.29 is 22.7 Å². The van der Waals surface area contributed by atoms with E-state index >= 15 is 4.39 Å². The maximum atomic E-state index is 16.2. The molecule has 3 saturated heterocycles. The predicted molar refractivity (Wildman–Crippen MR) is 195 cm³/mol. The van der Waals surface area contributed by atoms with Crippen LogP contribution in [-0.2, 0) is 4.79 Å². The summed E-state index contributed by atoms with van der Waals surface area (Å²) >= 11 is 7.73. The van der Waals surface area contributed by atoms with Crippen LogP contribution >= 0.6 is 22.9 Å². The third-order valence-electron chi connectivity index (χ3n) is 9.46. The van der Waals surface area contributed by atoms with Crippen LogP contribution < -0.4 is 15.4 Å². The number of alkyl halides is 1. The summed E-state index contributed by atoms with van der Waals surface area (Å²) in [5.41, 5.74) is 7.01. The van der Waals surface area contributed by atoms with Crippen LogP contribution in [0.1, 0.15) is 41.8 Å². The molecular formula is C35H36ClF3N10O2S. The molecule has 52 heavy (non-hydrogen) atoms. The van der Waals surface area contributed by atoms with E-state index in [2.05, 4.69) is 30.9 Å². The number of benzene rings is 1. The molecule has 3 aromatic heterocycles. The molecule has 3 N–H and O–H groups in total. The molecule has 0 spiro atoms. The van der Waals surface area contributed by atoms with Gasteiger partial charge in [0.2, 0.25) is 0 Å². The van der Waals surface area contributed by atoms with Gasteiger partial charge in [-0.2, -0.15) is 15.2 Å². The third-order valence-corrected chi connectivity index (χ3v) is 10.7. The van der Waals surface area contributed by atoms with Crippen LogP contribution in [0.2, 0.25) is 5.02 Å². The van der Waals surface area contributed by atoms with Gasteiger partial charge in [0.15, 0.2) is 11.6 Å². The lowest BCUT2D eigenvalue weighted by molar-refractivity contribution is -0.131. The number of hydrogen-bond acceptors (Lipinski definition) is 12. The van der Waals surface area contributed by atoms with Crippen molar-refractivity contribution in [2.45, 2.75) is 50.9 Å². The molecule has 1 amide bonds. The van der Waals surface area contributed by atoms with Gasteiger partial charge in [-0.1, -0.05) is 11.6 Å². The number of anilines is 2. The molecule has 272 valence electrons. The fraction of sp³-hybridized carbons (Fsp3) is 0.400. The number of nitrogen functional groups attached to an aromatic ring is 1. The molecule has 12 nitrogen and oxygen atoms in total. The number of carbonyl (C=O) groups excluding carboxylic acids is 1. The van der Waals surface area contributed by atoms with E-state index in [1.54, 1.807) is 23.3 Å². The second-order valence-electron chi connectivity index (χ2n) is 12.7. The molecule has 3 unspecified atom stereocenters. The number of nitriles is 1. The van der Waals surface area contributed by atoms with Crippen molar-refractivity contribution in [2.24, 2.45) is 0 Å². The maximum Gasteiger partial charge on any atom is 0.318 e. The number of amides is 1. The van der Waals surface area contributed by atoms with Crippen molar-refractivity contribution in [1.82, 2.24) is 29.7 Å². The first-order chi connectivity index (χ1) is 25.0. The van der Waals surface area contributed by atoms with Crippen LogP contribution in [0.4, 0.5) is 24.7 Å². The van der Waals surface area contributed by atoms with Gasteiger partial charge in [-0.15, -0.1) is 11.3 Å². The van der Waals surface area contributed by atoms with E-state index < -0.39 is 29.8 Å². The number of nitrogens with two attached hydrogens (primary N) is 1. The average molecular weight is 753 g/mol. The Bertz CT molecular complexity index is 2050. The summed E-state index contributed by atoms with van der Waals surface area (Å²) in [6.45, 7) is 3.92. The number of pyridine rings is 1. The molecule has 1 aromatic carbocycles. The van der Waals surface area contributed by atoms with Gasteiger partial charge in [0, 0.05) is 79.1 Å². The number of rotatable bonds is 7. The van der Waals surface area contributed by atoms with Crippen LogP contribution in [0.3, 0.4) is 0 Å². The van der Waals surface area contributed by atoms with Crippen LogP contribution in [0.15, 0.2) is 29.7 Å². The zero-order valence-electron chi connectivity index (χ0n) is 28.5. The zero-order chi connectivity index (χ0) is 37.1. The minimum Gasteiger partial charge on any atom is -0.467 e. The predicted octanol–water partition coefficient (Wildman–Crippen LogP) is 5.97. The molecule has 3 aliphatic heterocycles. The standard InChI is InChI=1S/C28H24ClF2N9O2S.C7H12FN/c1-14-9-19(34)16(11-33)21(22(14)29)25-23(31)24-17(12-36-25)26(38-28(37-24)42-2)39-6-7-40(15(13-39)3-4-32)27(41)18(30)10-20-35-5-8-43-20;8-6-4-7-2-1-3-9(7)5-6/h5,8-12,15,33H,3,6-7,13,34H2,1-2H3;6-7H,1-5H2/b18-10-,33-11?;. The Balaban J connectivity index is 0.000000444. The number of piperazine rings is 1. The number of carbonyl (C=O) groups is 1. The summed E-state index contributed by atoms with van der Waals surface area (Å²) < 4.78 is 49.0. The van der Waals surface area contributed by atoms with Crippen LogP contribution in [0, 0.1) is 29.5 Å². The highest BCUT2D eigenvalue weighted by Gasteiger charge is 2.36. The van der Waals surface area contributed by atoms with Crippen molar-refractivity contribution in [3.05, 3.63) is 56.6 Å². The largest absolute Gasteiger partial charge is 0.467 e. The second kappa shape index (κ2) is 15.8. The van der Waals surface area contributed by atoms with Crippen molar-refractivity contribution in [3.8, 4) is 23.3 Å². The van der Waals surface area contributed by atoms with Gasteiger partial charge in [-0.05, 0) is 44.4 Å². The Hall–Kier alpha value is -4.85. The normalized spacial score (nSPS) is 20.3. The Labute approximate surface area is 307 Å². The summed E-state index contributed by atoms with van der Waals surface area (Å²) in [4.78, 5) is 35.3. The molecule has 4 aromatic rings. The SMILES string of the molecule is COc1nc(N2CCN(C(=O)/C(F)=C/c3nccs3)C(CC#N)C2)c2cnc(-c3c(Cl)c(C)cc(N)c3C=N)c(F)c2n1.FC1CC2CCCN2C1. The van der Waals surface area contributed by atoms with Crippen molar-refractivity contribution in [2.75, 3.05) is 50.5 Å². The number of ether oxygens (including phenoxy) is 1. The quantitative estimate of drug-likeness (QED) is 0.131. The molecule has 0 radical (unpaired) electrons. The van der Waals surface area contributed by atoms with E-state index in [-0.39, 0.29) is 76.3 Å². The monoisotopic (exact) mass is 752 g/mol. The van der Waals surface area contributed by atoms with Gasteiger partial charge in [-0.3, -0.25) is 14.7 Å². The molecule has 17 heteroatoms. The first-order valence-electron chi connectivity index (χ1n) is 16.6. The molecule has 3 fully saturated rings. The number of nitrogens with zero attached hydrogens (tertiary/aromatic N) is 8. The van der Waals surface area contributed by atoms with Crippen molar-refractivity contribution in [1.29, 1.82) is 10.7 Å². The lowest BCUT2D eigenvalue weighted by Crippen LogP contribution is -2.55. The van der Waals surface area contributed by atoms with Gasteiger partial charge in [0.1, 0.15) is 28.2 Å². The lowest BCUT2D eigenvalue weighted by atomic mass is 9.98. The first-order valence-corrected chi connectivity index (χ1v) is 17.9. The molecule has 6 heterocycles. The number of hydrogen-bond donors (Lipinski definition) is 2. The first kappa shape index (κ1) is 36.9. The zero-order valence-corrected chi connectivity index (χ0v) is 30.0. The molecule has 0 saturated carbocycles. The maximum absolute atomic E-state index is 16.2. The van der Waals surface area contributed by atoms with E-state index in [1.165, 1.54) is 48.6 Å². The number of thiazole rings is 1. The Morgan fingerprint density at radius 3 is 2.77 bits per heavy atom. The number of methoxy groups -OCH3 is 1. The van der Waals surface area contributed by atoms with Gasteiger partial charge >= 0.3 is 6.01 Å². The topological polar surface area (TPSA) is 161 Å². The number of aromatic nitrogens is 4. The van der Waals surface area contributed by atoms with Crippen molar-refractivity contribution >= 4 is 63.5 Å². The molecule has 3 atom stereocenters. The summed E-state index contributed by atoms with van der Waals surface area (Å²) in [6, 6.07) is 3.43. The average Bonchev–Trinajstić information content (AvgIpc) is 3.89. The molecular weight excluding hydrogens is 717 g/mol. The highest BCUT2D eigenvalue weighted by atomic mass is 35.5. The molecule has 3 aliphatic rings. The Morgan fingerprint density at radius 2 is 2.08 bits per heavy atom. The highest BCUT2D eigenvalue weighted by Crippen LogP contribution is 2.39. The molecule has 0 aliphatic carbocycles. The minimum atomic E-state index is -0.987. The van der Waals surface area contributed by atoms with Gasteiger partial charge < -0.3 is 25.7 Å². The summed E-state index contributed by atoms with van der Waals surface area (Å²) in [5, 5.41) is 19.8. The number of nitrogens with one attached hydrogen (secondary N) is 1. The molecule has 0 bridgehead atoms. The van der Waals surface area contributed by atoms with Crippen molar-refractivity contribution in [3.63, 3.8) is 0 Å². The van der Waals surface area contributed by atoms with E-state index in [9.17, 15) is 18.8 Å². The summed E-state index contributed by atoms with van der Waals surface area (Å²) in [7, 11) is 1.34. The van der Waals surface area contributed by atoms with E-state index in [0.29, 0.717) is 23.2 Å². The van der Waals surface area contributed by atoms with Gasteiger partial charge in [0.25, 0.3) is 5.91 Å².